The van der Waals surface area contributed by atoms with E-state index in [4.69, 9.17) is 5.26 Å². The standard InChI is InChI=1S/C19H22N2O/c1-3-15-4-10-18(11-5-15)19(13-22)21-14(2)17-8-6-16(12-20)7-9-17/h4-11,14,19,21-22H,3,13H2,1-2H3. The summed E-state index contributed by atoms with van der Waals surface area (Å²) in [5.41, 5.74) is 4.13. The van der Waals surface area contributed by atoms with Crippen LogP contribution in [0.4, 0.5) is 0 Å². The van der Waals surface area contributed by atoms with Crippen molar-refractivity contribution in [3.8, 4) is 6.07 Å². The van der Waals surface area contributed by atoms with Crippen LogP contribution in [0.1, 0.15) is 48.2 Å². The topological polar surface area (TPSA) is 56.0 Å². The van der Waals surface area contributed by atoms with Crippen molar-refractivity contribution in [2.75, 3.05) is 6.61 Å². The molecule has 0 radical (unpaired) electrons. The summed E-state index contributed by atoms with van der Waals surface area (Å²) in [6, 6.07) is 18.0. The SMILES string of the molecule is CCc1ccc(C(CO)NC(C)c2ccc(C#N)cc2)cc1. The Hall–Kier alpha value is -2.15. The summed E-state index contributed by atoms with van der Waals surface area (Å²) < 4.78 is 0. The maximum atomic E-state index is 9.68. The Labute approximate surface area is 132 Å². The van der Waals surface area contributed by atoms with Crippen LogP contribution >= 0.6 is 0 Å². The number of benzene rings is 2. The minimum absolute atomic E-state index is 0.0477. The number of aliphatic hydroxyl groups is 1. The minimum atomic E-state index is -0.100. The van der Waals surface area contributed by atoms with Crippen molar-refractivity contribution >= 4 is 0 Å². The van der Waals surface area contributed by atoms with Crippen molar-refractivity contribution in [1.29, 1.82) is 5.26 Å². The molecule has 3 nitrogen and oxygen atoms in total. The van der Waals surface area contributed by atoms with Crippen LogP contribution in [0, 0.1) is 11.3 Å². The molecule has 2 aromatic rings. The van der Waals surface area contributed by atoms with E-state index in [1.54, 1.807) is 0 Å². The largest absolute Gasteiger partial charge is 0.394 e. The zero-order valence-electron chi connectivity index (χ0n) is 13.1. The molecule has 0 aliphatic carbocycles. The molecule has 0 heterocycles. The van der Waals surface area contributed by atoms with Crippen LogP contribution in [-0.2, 0) is 6.42 Å². The summed E-state index contributed by atoms with van der Waals surface area (Å²) in [4.78, 5) is 0. The van der Waals surface area contributed by atoms with Gasteiger partial charge in [-0.1, -0.05) is 43.3 Å². The van der Waals surface area contributed by atoms with Gasteiger partial charge in [0.25, 0.3) is 0 Å². The molecule has 0 bridgehead atoms. The summed E-state index contributed by atoms with van der Waals surface area (Å²) in [7, 11) is 0. The molecule has 114 valence electrons. The lowest BCUT2D eigenvalue weighted by atomic mass is 10.0. The first kappa shape index (κ1) is 16.2. The summed E-state index contributed by atoms with van der Waals surface area (Å²) >= 11 is 0. The van der Waals surface area contributed by atoms with Gasteiger partial charge in [0.1, 0.15) is 0 Å². The quantitative estimate of drug-likeness (QED) is 0.857. The van der Waals surface area contributed by atoms with Crippen LogP contribution in [0.5, 0.6) is 0 Å². The average molecular weight is 294 g/mol. The van der Waals surface area contributed by atoms with E-state index in [-0.39, 0.29) is 18.7 Å². The molecule has 0 spiro atoms. The third kappa shape index (κ3) is 3.94. The highest BCUT2D eigenvalue weighted by Crippen LogP contribution is 2.20. The first-order valence-corrected chi connectivity index (χ1v) is 7.63. The molecule has 0 aliphatic rings. The highest BCUT2D eigenvalue weighted by atomic mass is 16.3. The van der Waals surface area contributed by atoms with Gasteiger partial charge in [0.2, 0.25) is 0 Å². The molecular weight excluding hydrogens is 272 g/mol. The van der Waals surface area contributed by atoms with Gasteiger partial charge in [0.05, 0.1) is 24.3 Å². The van der Waals surface area contributed by atoms with Gasteiger partial charge in [-0.3, -0.25) is 0 Å². The number of hydrogen-bond acceptors (Lipinski definition) is 3. The molecule has 22 heavy (non-hydrogen) atoms. The smallest absolute Gasteiger partial charge is 0.0991 e. The van der Waals surface area contributed by atoms with Gasteiger partial charge in [-0.15, -0.1) is 0 Å². The van der Waals surface area contributed by atoms with Gasteiger partial charge in [-0.05, 0) is 42.2 Å². The number of aliphatic hydroxyl groups excluding tert-OH is 1. The minimum Gasteiger partial charge on any atom is -0.394 e. The number of aryl methyl sites for hydroxylation is 1. The Morgan fingerprint density at radius 3 is 2.14 bits per heavy atom. The van der Waals surface area contributed by atoms with Crippen LogP contribution in [-0.4, -0.2) is 11.7 Å². The van der Waals surface area contributed by atoms with Crippen molar-refractivity contribution in [3.05, 3.63) is 70.8 Å². The molecule has 0 saturated heterocycles. The third-order valence-corrected chi connectivity index (χ3v) is 3.96. The van der Waals surface area contributed by atoms with Crippen LogP contribution in [0.15, 0.2) is 48.5 Å². The van der Waals surface area contributed by atoms with Gasteiger partial charge in [-0.2, -0.15) is 5.26 Å². The fourth-order valence-corrected chi connectivity index (χ4v) is 2.48. The van der Waals surface area contributed by atoms with Gasteiger partial charge >= 0.3 is 0 Å². The highest BCUT2D eigenvalue weighted by molar-refractivity contribution is 5.33. The fraction of sp³-hybridized carbons (Fsp3) is 0.316. The predicted molar refractivity (Wildman–Crippen MR) is 88.4 cm³/mol. The second-order valence-electron chi connectivity index (χ2n) is 5.45. The van der Waals surface area contributed by atoms with Gasteiger partial charge in [0, 0.05) is 6.04 Å². The van der Waals surface area contributed by atoms with E-state index in [0.29, 0.717) is 5.56 Å². The first-order valence-electron chi connectivity index (χ1n) is 7.63. The molecule has 2 atom stereocenters. The molecule has 0 fully saturated rings. The first-order chi connectivity index (χ1) is 10.7. The lowest BCUT2D eigenvalue weighted by Gasteiger charge is -2.22. The van der Waals surface area contributed by atoms with Crippen LogP contribution in [0.3, 0.4) is 0 Å². The molecule has 2 rings (SSSR count). The Morgan fingerprint density at radius 1 is 1.05 bits per heavy atom. The maximum absolute atomic E-state index is 9.68. The predicted octanol–water partition coefficient (Wildman–Crippen LogP) is 3.50. The Balaban J connectivity index is 2.09. The van der Waals surface area contributed by atoms with Gasteiger partial charge in [0.15, 0.2) is 0 Å². The lowest BCUT2D eigenvalue weighted by molar-refractivity contribution is 0.235. The number of nitriles is 1. The molecule has 0 aromatic heterocycles. The molecule has 2 N–H and O–H groups in total. The van der Waals surface area contributed by atoms with E-state index >= 15 is 0 Å². The van der Waals surface area contributed by atoms with Crippen molar-refractivity contribution in [3.63, 3.8) is 0 Å². The number of rotatable bonds is 6. The summed E-state index contributed by atoms with van der Waals surface area (Å²) in [6.07, 6.45) is 1.01. The molecule has 3 heteroatoms. The van der Waals surface area contributed by atoms with E-state index in [1.165, 1.54) is 5.56 Å². The van der Waals surface area contributed by atoms with Crippen molar-refractivity contribution in [2.24, 2.45) is 0 Å². The number of nitrogens with zero attached hydrogens (tertiary/aromatic N) is 1. The van der Waals surface area contributed by atoms with Crippen molar-refractivity contribution in [2.45, 2.75) is 32.4 Å². The zero-order valence-corrected chi connectivity index (χ0v) is 13.1. The Morgan fingerprint density at radius 2 is 1.64 bits per heavy atom. The monoisotopic (exact) mass is 294 g/mol. The van der Waals surface area contributed by atoms with E-state index < -0.39 is 0 Å². The molecule has 0 aliphatic heterocycles. The molecule has 0 saturated carbocycles. The molecule has 2 unspecified atom stereocenters. The van der Waals surface area contributed by atoms with Crippen molar-refractivity contribution in [1.82, 2.24) is 5.32 Å². The van der Waals surface area contributed by atoms with E-state index in [2.05, 4.69) is 49.5 Å². The highest BCUT2D eigenvalue weighted by Gasteiger charge is 2.14. The summed E-state index contributed by atoms with van der Waals surface area (Å²) in [5, 5.41) is 22.0. The second kappa shape index (κ2) is 7.74. The zero-order chi connectivity index (χ0) is 15.9. The number of hydrogen-bond donors (Lipinski definition) is 2. The average Bonchev–Trinajstić information content (AvgIpc) is 2.59. The molecule has 2 aromatic carbocycles. The third-order valence-electron chi connectivity index (χ3n) is 3.96. The van der Waals surface area contributed by atoms with E-state index in [0.717, 1.165) is 17.5 Å². The van der Waals surface area contributed by atoms with Gasteiger partial charge < -0.3 is 10.4 Å². The van der Waals surface area contributed by atoms with Gasteiger partial charge in [-0.25, -0.2) is 0 Å². The Kier molecular flexibility index (Phi) is 5.71. The normalized spacial score (nSPS) is 13.4. The lowest BCUT2D eigenvalue weighted by Crippen LogP contribution is -2.27. The van der Waals surface area contributed by atoms with Crippen molar-refractivity contribution < 1.29 is 5.11 Å². The van der Waals surface area contributed by atoms with Crippen LogP contribution in [0.2, 0.25) is 0 Å². The molecular formula is C19H22N2O. The second-order valence-corrected chi connectivity index (χ2v) is 5.45. The fourth-order valence-electron chi connectivity index (χ4n) is 2.48. The van der Waals surface area contributed by atoms with E-state index in [9.17, 15) is 5.11 Å². The number of nitrogens with one attached hydrogen (secondary N) is 1. The van der Waals surface area contributed by atoms with Crippen LogP contribution in [0.25, 0.3) is 0 Å². The van der Waals surface area contributed by atoms with E-state index in [1.807, 2.05) is 24.3 Å². The summed E-state index contributed by atoms with van der Waals surface area (Å²) in [5.74, 6) is 0. The summed E-state index contributed by atoms with van der Waals surface area (Å²) in [6.45, 7) is 4.24. The maximum Gasteiger partial charge on any atom is 0.0991 e. The Bertz CT molecular complexity index is 626. The van der Waals surface area contributed by atoms with Crippen LogP contribution < -0.4 is 5.32 Å². The molecule has 0 amide bonds.